The first kappa shape index (κ1) is 12.0. The molecule has 1 aromatic carbocycles. The van der Waals surface area contributed by atoms with E-state index in [-0.39, 0.29) is 5.56 Å². The van der Waals surface area contributed by atoms with Gasteiger partial charge in [0.05, 0.1) is 0 Å². The molecule has 84 valence electrons. The largest absolute Gasteiger partial charge is 0.323 e. The van der Waals surface area contributed by atoms with Crippen molar-refractivity contribution in [2.75, 3.05) is 0 Å². The Kier molecular flexibility index (Phi) is 3.09. The Labute approximate surface area is 87.1 Å². The second-order valence-corrected chi connectivity index (χ2v) is 4.63. The Morgan fingerprint density at radius 1 is 1.07 bits per heavy atom. The van der Waals surface area contributed by atoms with Crippen molar-refractivity contribution >= 4 is 0 Å². The Morgan fingerprint density at radius 2 is 1.47 bits per heavy atom. The maximum Gasteiger partial charge on any atom is 0.133 e. The lowest BCUT2D eigenvalue weighted by Gasteiger charge is -2.27. The number of hydrogen-bond acceptors (Lipinski definition) is 1. The van der Waals surface area contributed by atoms with Crippen molar-refractivity contribution in [3.8, 4) is 0 Å². The second kappa shape index (κ2) is 3.85. The van der Waals surface area contributed by atoms with Gasteiger partial charge in [0.15, 0.2) is 0 Å². The van der Waals surface area contributed by atoms with Crippen molar-refractivity contribution in [2.24, 2.45) is 11.1 Å². The van der Waals surface area contributed by atoms with Gasteiger partial charge in [-0.25, -0.2) is 13.2 Å². The summed E-state index contributed by atoms with van der Waals surface area (Å²) < 4.78 is 39.3. The van der Waals surface area contributed by atoms with E-state index >= 15 is 0 Å². The van der Waals surface area contributed by atoms with Gasteiger partial charge in [0.1, 0.15) is 17.5 Å². The Bertz CT molecular complexity index is 346. The maximum absolute atomic E-state index is 13.3. The minimum Gasteiger partial charge on any atom is -0.323 e. The van der Waals surface area contributed by atoms with E-state index in [0.29, 0.717) is 12.1 Å². The average molecular weight is 217 g/mol. The zero-order valence-electron chi connectivity index (χ0n) is 8.94. The molecule has 0 heterocycles. The standard InChI is InChI=1S/C11H14F3N/c1-11(2,3)10(15)9-7(13)4-6(12)5-8(9)14/h4-5,10H,15H2,1-3H3. The van der Waals surface area contributed by atoms with Crippen LogP contribution in [-0.4, -0.2) is 0 Å². The lowest BCUT2D eigenvalue weighted by Crippen LogP contribution is -2.28. The molecule has 2 N–H and O–H groups in total. The number of nitrogens with two attached hydrogens (primary N) is 1. The fraction of sp³-hybridized carbons (Fsp3) is 0.455. The molecule has 0 bridgehead atoms. The molecule has 1 aromatic rings. The van der Waals surface area contributed by atoms with Gasteiger partial charge in [-0.1, -0.05) is 20.8 Å². The molecule has 0 amide bonds. The monoisotopic (exact) mass is 217 g/mol. The predicted octanol–water partition coefficient (Wildman–Crippen LogP) is 3.15. The highest BCUT2D eigenvalue weighted by Crippen LogP contribution is 2.33. The van der Waals surface area contributed by atoms with Crippen LogP contribution in [0.15, 0.2) is 12.1 Å². The zero-order chi connectivity index (χ0) is 11.8. The van der Waals surface area contributed by atoms with E-state index in [4.69, 9.17) is 5.73 Å². The number of halogens is 3. The fourth-order valence-electron chi connectivity index (χ4n) is 1.28. The van der Waals surface area contributed by atoms with E-state index in [1.807, 2.05) is 0 Å². The molecule has 0 radical (unpaired) electrons. The average Bonchev–Trinajstić information content (AvgIpc) is 1.99. The van der Waals surface area contributed by atoms with Gasteiger partial charge in [-0.15, -0.1) is 0 Å². The van der Waals surface area contributed by atoms with E-state index in [2.05, 4.69) is 0 Å². The SMILES string of the molecule is CC(C)(C)C(N)c1c(F)cc(F)cc1F. The van der Waals surface area contributed by atoms with Gasteiger partial charge < -0.3 is 5.73 Å². The first-order valence-electron chi connectivity index (χ1n) is 4.63. The zero-order valence-corrected chi connectivity index (χ0v) is 8.94. The van der Waals surface area contributed by atoms with Crippen LogP contribution < -0.4 is 5.73 Å². The number of hydrogen-bond donors (Lipinski definition) is 1. The summed E-state index contributed by atoms with van der Waals surface area (Å²) in [5.74, 6) is -2.81. The lowest BCUT2D eigenvalue weighted by atomic mass is 9.82. The summed E-state index contributed by atoms with van der Waals surface area (Å²) in [6, 6.07) is 0.478. The van der Waals surface area contributed by atoms with Gasteiger partial charge in [-0.05, 0) is 5.41 Å². The van der Waals surface area contributed by atoms with Gasteiger partial charge >= 0.3 is 0 Å². The maximum atomic E-state index is 13.3. The molecule has 1 atom stereocenters. The van der Waals surface area contributed by atoms with Crippen LogP contribution in [0.2, 0.25) is 0 Å². The van der Waals surface area contributed by atoms with Crippen LogP contribution in [0.3, 0.4) is 0 Å². The van der Waals surface area contributed by atoms with Crippen LogP contribution >= 0.6 is 0 Å². The number of benzene rings is 1. The molecule has 1 rings (SSSR count). The molecule has 0 aromatic heterocycles. The Balaban J connectivity index is 3.26. The molecule has 0 saturated carbocycles. The Morgan fingerprint density at radius 3 is 1.80 bits per heavy atom. The topological polar surface area (TPSA) is 26.0 Å². The molecule has 0 aliphatic carbocycles. The van der Waals surface area contributed by atoms with Crippen LogP contribution in [0.1, 0.15) is 32.4 Å². The first-order valence-corrected chi connectivity index (χ1v) is 4.63. The minimum absolute atomic E-state index is 0.260. The van der Waals surface area contributed by atoms with Crippen molar-refractivity contribution in [3.63, 3.8) is 0 Å². The van der Waals surface area contributed by atoms with E-state index in [1.165, 1.54) is 0 Å². The third kappa shape index (κ3) is 2.50. The summed E-state index contributed by atoms with van der Waals surface area (Å²) in [4.78, 5) is 0. The highest BCUT2D eigenvalue weighted by atomic mass is 19.1. The summed E-state index contributed by atoms with van der Waals surface area (Å²) in [7, 11) is 0. The molecule has 4 heteroatoms. The Hall–Kier alpha value is -1.03. The lowest BCUT2D eigenvalue weighted by molar-refractivity contribution is 0.309. The number of rotatable bonds is 1. The van der Waals surface area contributed by atoms with Gasteiger partial charge in [-0.3, -0.25) is 0 Å². The summed E-state index contributed by atoms with van der Waals surface area (Å²) in [6.45, 7) is 5.29. The molecule has 1 unspecified atom stereocenters. The van der Waals surface area contributed by atoms with E-state index in [9.17, 15) is 13.2 Å². The smallest absolute Gasteiger partial charge is 0.133 e. The molecule has 0 saturated heterocycles. The van der Waals surface area contributed by atoms with Gasteiger partial charge in [0.2, 0.25) is 0 Å². The van der Waals surface area contributed by atoms with Crippen LogP contribution in [0.4, 0.5) is 13.2 Å². The van der Waals surface area contributed by atoms with Gasteiger partial charge in [0.25, 0.3) is 0 Å². The fourth-order valence-corrected chi connectivity index (χ4v) is 1.28. The molecule has 15 heavy (non-hydrogen) atoms. The van der Waals surface area contributed by atoms with Crippen molar-refractivity contribution in [3.05, 3.63) is 35.1 Å². The third-order valence-corrected chi connectivity index (χ3v) is 2.29. The van der Waals surface area contributed by atoms with Crippen molar-refractivity contribution in [1.29, 1.82) is 0 Å². The molecule has 1 nitrogen and oxygen atoms in total. The highest BCUT2D eigenvalue weighted by molar-refractivity contribution is 5.25. The van der Waals surface area contributed by atoms with Crippen LogP contribution in [0.5, 0.6) is 0 Å². The first-order chi connectivity index (χ1) is 6.73. The summed E-state index contributed by atoms with van der Waals surface area (Å²) in [5.41, 5.74) is 4.97. The summed E-state index contributed by atoms with van der Waals surface area (Å²) in [6.07, 6.45) is 0. The highest BCUT2D eigenvalue weighted by Gasteiger charge is 2.28. The molecule has 0 spiro atoms. The molecule has 0 aliphatic heterocycles. The minimum atomic E-state index is -0.935. The van der Waals surface area contributed by atoms with Crippen LogP contribution in [-0.2, 0) is 0 Å². The van der Waals surface area contributed by atoms with Gasteiger partial charge in [0, 0.05) is 23.7 Å². The van der Waals surface area contributed by atoms with Crippen molar-refractivity contribution < 1.29 is 13.2 Å². The predicted molar refractivity (Wildman–Crippen MR) is 52.7 cm³/mol. The molecule has 0 aliphatic rings. The van der Waals surface area contributed by atoms with Crippen molar-refractivity contribution in [1.82, 2.24) is 0 Å². The van der Waals surface area contributed by atoms with Crippen LogP contribution in [0.25, 0.3) is 0 Å². The van der Waals surface area contributed by atoms with Crippen molar-refractivity contribution in [2.45, 2.75) is 26.8 Å². The normalized spacial score (nSPS) is 14.1. The van der Waals surface area contributed by atoms with E-state index in [0.717, 1.165) is 0 Å². The quantitative estimate of drug-likeness (QED) is 0.768. The van der Waals surface area contributed by atoms with E-state index < -0.39 is 28.9 Å². The summed E-state index contributed by atoms with van der Waals surface area (Å²) in [5, 5.41) is 0. The second-order valence-electron chi connectivity index (χ2n) is 4.63. The summed E-state index contributed by atoms with van der Waals surface area (Å²) >= 11 is 0. The van der Waals surface area contributed by atoms with Gasteiger partial charge in [-0.2, -0.15) is 0 Å². The molecular formula is C11H14F3N. The van der Waals surface area contributed by atoms with E-state index in [1.54, 1.807) is 20.8 Å². The molecular weight excluding hydrogens is 203 g/mol. The third-order valence-electron chi connectivity index (χ3n) is 2.29. The molecule has 0 fully saturated rings. The van der Waals surface area contributed by atoms with Crippen LogP contribution in [0, 0.1) is 22.9 Å².